The van der Waals surface area contributed by atoms with Crippen LogP contribution in [0.5, 0.6) is 5.75 Å². The highest BCUT2D eigenvalue weighted by Crippen LogP contribution is 2.42. The highest BCUT2D eigenvalue weighted by Gasteiger charge is 2.30. The van der Waals surface area contributed by atoms with Gasteiger partial charge in [0.25, 0.3) is 0 Å². The van der Waals surface area contributed by atoms with E-state index in [0.717, 1.165) is 44.9 Å². The summed E-state index contributed by atoms with van der Waals surface area (Å²) in [6.45, 7) is 0.899. The molecule has 0 spiro atoms. The van der Waals surface area contributed by atoms with E-state index in [0.29, 0.717) is 13.2 Å². The molecule has 0 radical (unpaired) electrons. The molecule has 0 aliphatic carbocycles. The summed E-state index contributed by atoms with van der Waals surface area (Å²) in [6.07, 6.45) is 1.45. The van der Waals surface area contributed by atoms with Gasteiger partial charge in [-0.25, -0.2) is 4.79 Å². The number of H-pyrrole nitrogens is 1. The minimum absolute atomic E-state index is 0.330. The number of amides is 1. The Kier molecular flexibility index (Phi) is 4.17. The molecular formula is C23H19N3O3. The lowest BCUT2D eigenvalue weighted by Crippen LogP contribution is -2.23. The van der Waals surface area contributed by atoms with E-state index >= 15 is 0 Å². The Morgan fingerprint density at radius 1 is 1.07 bits per heavy atom. The van der Waals surface area contributed by atoms with E-state index in [2.05, 4.69) is 9.97 Å². The predicted molar refractivity (Wildman–Crippen MR) is 112 cm³/mol. The average molecular weight is 385 g/mol. The van der Waals surface area contributed by atoms with Gasteiger partial charge in [-0.15, -0.1) is 0 Å². The molecule has 1 aliphatic heterocycles. The zero-order valence-electron chi connectivity index (χ0n) is 15.9. The van der Waals surface area contributed by atoms with Gasteiger partial charge in [-0.2, -0.15) is 0 Å². The van der Waals surface area contributed by atoms with Gasteiger partial charge in [0.1, 0.15) is 12.4 Å². The lowest BCUT2D eigenvalue weighted by Gasteiger charge is -2.15. The number of hydrogen-bond donors (Lipinski definition) is 1. The third-order valence-electron chi connectivity index (χ3n) is 5.16. The number of rotatable bonds is 4. The zero-order chi connectivity index (χ0) is 19.8. The maximum atomic E-state index is 12.4. The largest absolute Gasteiger partial charge is 0.497 e. The van der Waals surface area contributed by atoms with Gasteiger partial charge in [-0.05, 0) is 36.4 Å². The van der Waals surface area contributed by atoms with Crippen LogP contribution in [-0.2, 0) is 4.74 Å². The number of nitrogens with one attached hydrogen (secondary N) is 1. The van der Waals surface area contributed by atoms with Crippen molar-refractivity contribution in [3.8, 4) is 28.3 Å². The molecule has 2 aromatic carbocycles. The Bertz CT molecular complexity index is 1180. The highest BCUT2D eigenvalue weighted by atomic mass is 16.6. The first-order valence-corrected chi connectivity index (χ1v) is 9.41. The number of cyclic esters (lactones) is 1. The number of hydrogen-bond acceptors (Lipinski definition) is 4. The predicted octanol–water partition coefficient (Wildman–Crippen LogP) is 4.86. The minimum atomic E-state index is -0.330. The number of anilines is 1. The lowest BCUT2D eigenvalue weighted by atomic mass is 10.1. The Hall–Kier alpha value is -3.80. The topological polar surface area (TPSA) is 67.4 Å². The van der Waals surface area contributed by atoms with Crippen molar-refractivity contribution in [3.63, 3.8) is 0 Å². The number of aromatic nitrogens is 2. The quantitative estimate of drug-likeness (QED) is 0.545. The first kappa shape index (κ1) is 17.3. The van der Waals surface area contributed by atoms with E-state index < -0.39 is 0 Å². The molecule has 0 saturated carbocycles. The minimum Gasteiger partial charge on any atom is -0.497 e. The standard InChI is InChI=1S/C23H19N3O3/c1-28-16-10-8-15(9-11-16)20-22(26-13-14-29-23(26)27)18-6-4-5-17(21(18)25-20)19-7-2-3-12-24-19/h2-12,25H,13-14H2,1H3. The summed E-state index contributed by atoms with van der Waals surface area (Å²) in [4.78, 5) is 22.2. The molecule has 1 aliphatic rings. The molecule has 6 nitrogen and oxygen atoms in total. The van der Waals surface area contributed by atoms with Gasteiger partial charge in [0, 0.05) is 22.7 Å². The van der Waals surface area contributed by atoms with E-state index in [9.17, 15) is 4.79 Å². The van der Waals surface area contributed by atoms with Crippen LogP contribution in [0.25, 0.3) is 33.4 Å². The first-order chi connectivity index (χ1) is 14.3. The van der Waals surface area contributed by atoms with E-state index in [-0.39, 0.29) is 6.09 Å². The Morgan fingerprint density at radius 3 is 2.62 bits per heavy atom. The number of carbonyl (C=O) groups is 1. The van der Waals surface area contributed by atoms with Crippen molar-refractivity contribution in [1.29, 1.82) is 0 Å². The normalized spacial score (nSPS) is 13.7. The van der Waals surface area contributed by atoms with Crippen molar-refractivity contribution >= 4 is 22.7 Å². The van der Waals surface area contributed by atoms with Gasteiger partial charge in [-0.1, -0.05) is 24.3 Å². The van der Waals surface area contributed by atoms with Gasteiger partial charge < -0.3 is 14.5 Å². The molecule has 0 bridgehead atoms. The van der Waals surface area contributed by atoms with Crippen LogP contribution in [0, 0.1) is 0 Å². The summed E-state index contributed by atoms with van der Waals surface area (Å²) in [5, 5.41) is 0.956. The van der Waals surface area contributed by atoms with Crippen LogP contribution in [0.3, 0.4) is 0 Å². The van der Waals surface area contributed by atoms with E-state index in [1.54, 1.807) is 18.2 Å². The molecule has 0 unspecified atom stereocenters. The van der Waals surface area contributed by atoms with Crippen LogP contribution >= 0.6 is 0 Å². The molecule has 144 valence electrons. The van der Waals surface area contributed by atoms with E-state index in [1.807, 2.05) is 60.7 Å². The smallest absolute Gasteiger partial charge is 0.414 e. The fourth-order valence-corrected chi connectivity index (χ4v) is 3.78. The Morgan fingerprint density at radius 2 is 1.93 bits per heavy atom. The van der Waals surface area contributed by atoms with Crippen molar-refractivity contribution in [1.82, 2.24) is 9.97 Å². The number of aromatic amines is 1. The van der Waals surface area contributed by atoms with Crippen LogP contribution in [-0.4, -0.2) is 36.3 Å². The molecule has 1 fully saturated rings. The SMILES string of the molecule is COc1ccc(-c2[nH]c3c(-c4ccccn4)cccc3c2N2CCOC2=O)cc1. The van der Waals surface area contributed by atoms with E-state index in [1.165, 1.54) is 0 Å². The second-order valence-corrected chi connectivity index (χ2v) is 6.79. The molecule has 3 heterocycles. The molecular weight excluding hydrogens is 366 g/mol. The fourth-order valence-electron chi connectivity index (χ4n) is 3.78. The average Bonchev–Trinajstić information content (AvgIpc) is 3.37. The van der Waals surface area contributed by atoms with Crippen LogP contribution in [0.2, 0.25) is 0 Å². The van der Waals surface area contributed by atoms with Crippen molar-refractivity contribution < 1.29 is 14.3 Å². The first-order valence-electron chi connectivity index (χ1n) is 9.41. The molecule has 6 heteroatoms. The number of nitrogens with zero attached hydrogens (tertiary/aromatic N) is 2. The van der Waals surface area contributed by atoms with Crippen molar-refractivity contribution in [2.75, 3.05) is 25.2 Å². The van der Waals surface area contributed by atoms with E-state index in [4.69, 9.17) is 9.47 Å². The third kappa shape index (κ3) is 2.89. The van der Waals surface area contributed by atoms with Crippen molar-refractivity contribution in [2.24, 2.45) is 0 Å². The van der Waals surface area contributed by atoms with Gasteiger partial charge >= 0.3 is 6.09 Å². The molecule has 1 amide bonds. The van der Waals surface area contributed by atoms with Crippen LogP contribution in [0.15, 0.2) is 66.9 Å². The Balaban J connectivity index is 1.77. The third-order valence-corrected chi connectivity index (χ3v) is 5.16. The molecule has 0 atom stereocenters. The number of ether oxygens (including phenoxy) is 2. The fraction of sp³-hybridized carbons (Fsp3) is 0.130. The summed E-state index contributed by atoms with van der Waals surface area (Å²) in [7, 11) is 1.64. The van der Waals surface area contributed by atoms with Crippen molar-refractivity contribution in [2.45, 2.75) is 0 Å². The number of methoxy groups -OCH3 is 1. The summed E-state index contributed by atoms with van der Waals surface area (Å²) in [6, 6.07) is 19.7. The number of pyridine rings is 1. The second kappa shape index (κ2) is 6.98. The highest BCUT2D eigenvalue weighted by molar-refractivity contribution is 6.11. The number of para-hydroxylation sites is 1. The second-order valence-electron chi connectivity index (χ2n) is 6.79. The summed E-state index contributed by atoms with van der Waals surface area (Å²) < 4.78 is 10.5. The van der Waals surface area contributed by atoms with Crippen molar-refractivity contribution in [3.05, 3.63) is 66.9 Å². The molecule has 4 aromatic rings. The lowest BCUT2D eigenvalue weighted by molar-refractivity contribution is 0.181. The summed E-state index contributed by atoms with van der Waals surface area (Å²) in [5.74, 6) is 0.779. The monoisotopic (exact) mass is 385 g/mol. The molecule has 2 aromatic heterocycles. The number of benzene rings is 2. The Labute approximate surface area is 167 Å². The maximum Gasteiger partial charge on any atom is 0.414 e. The van der Waals surface area contributed by atoms with Crippen LogP contribution in [0.4, 0.5) is 10.5 Å². The zero-order valence-corrected chi connectivity index (χ0v) is 15.9. The summed E-state index contributed by atoms with van der Waals surface area (Å²) in [5.41, 5.74) is 5.44. The maximum absolute atomic E-state index is 12.4. The van der Waals surface area contributed by atoms with Gasteiger partial charge in [0.05, 0.1) is 36.2 Å². The van der Waals surface area contributed by atoms with Crippen LogP contribution in [0.1, 0.15) is 0 Å². The van der Waals surface area contributed by atoms with Gasteiger partial charge in [0.2, 0.25) is 0 Å². The van der Waals surface area contributed by atoms with Gasteiger partial charge in [-0.3, -0.25) is 9.88 Å². The molecule has 29 heavy (non-hydrogen) atoms. The number of fused-ring (bicyclic) bond motifs is 1. The summed E-state index contributed by atoms with van der Waals surface area (Å²) >= 11 is 0. The van der Waals surface area contributed by atoms with Crippen LogP contribution < -0.4 is 9.64 Å². The number of carbonyl (C=O) groups excluding carboxylic acids is 1. The molecule has 1 N–H and O–H groups in total. The molecule has 1 saturated heterocycles. The molecule has 5 rings (SSSR count). The van der Waals surface area contributed by atoms with Gasteiger partial charge in [0.15, 0.2) is 0 Å².